The molecule has 2 heterocycles. The van der Waals surface area contributed by atoms with Crippen LogP contribution in [0.4, 0.5) is 11.4 Å². The highest BCUT2D eigenvalue weighted by Gasteiger charge is 2.45. The van der Waals surface area contributed by atoms with Crippen molar-refractivity contribution in [1.82, 2.24) is 0 Å². The van der Waals surface area contributed by atoms with Crippen molar-refractivity contribution in [2.24, 2.45) is 0 Å². The zero-order valence-corrected chi connectivity index (χ0v) is 30.3. The highest BCUT2D eigenvalue weighted by molar-refractivity contribution is 7.85. The Labute approximate surface area is 292 Å². The molecule has 0 radical (unpaired) electrons. The number of benzene rings is 4. The van der Waals surface area contributed by atoms with Gasteiger partial charge in [0.2, 0.25) is 5.69 Å². The zero-order chi connectivity index (χ0) is 34.8. The second-order valence-corrected chi connectivity index (χ2v) is 15.9. The monoisotopic (exact) mass is 673 g/mol. The number of rotatable bonds is 12. The van der Waals surface area contributed by atoms with E-state index in [1.807, 2.05) is 0 Å². The molecule has 0 saturated carbocycles. The SMILES string of the molecule is CCCCN1/C(=C/C=C/C=C/C=C/C2=[N+](CCCCS(=O)(=O)O)c3ccc4ccccc4c3C2(C)C)C(C)(C)c2c1ccc1ccccc21. The van der Waals surface area contributed by atoms with Gasteiger partial charge in [0.25, 0.3) is 10.1 Å². The third-order valence-electron chi connectivity index (χ3n) is 10.2. The maximum absolute atomic E-state index is 11.4. The van der Waals surface area contributed by atoms with Gasteiger partial charge in [0.1, 0.15) is 6.54 Å². The van der Waals surface area contributed by atoms with Crippen LogP contribution in [0, 0.1) is 0 Å². The van der Waals surface area contributed by atoms with Crippen LogP contribution in [0.25, 0.3) is 21.5 Å². The van der Waals surface area contributed by atoms with Crippen molar-refractivity contribution in [3.63, 3.8) is 0 Å². The molecule has 49 heavy (non-hydrogen) atoms. The van der Waals surface area contributed by atoms with Crippen molar-refractivity contribution in [3.8, 4) is 0 Å². The maximum atomic E-state index is 11.4. The van der Waals surface area contributed by atoms with Gasteiger partial charge in [-0.05, 0) is 72.0 Å². The van der Waals surface area contributed by atoms with Gasteiger partial charge in [0, 0.05) is 47.5 Å². The summed E-state index contributed by atoms with van der Waals surface area (Å²) in [6.07, 6.45) is 18.3. The van der Waals surface area contributed by atoms with E-state index in [0.29, 0.717) is 19.4 Å². The predicted octanol–water partition coefficient (Wildman–Crippen LogP) is 10.2. The second-order valence-electron chi connectivity index (χ2n) is 14.3. The van der Waals surface area contributed by atoms with E-state index in [9.17, 15) is 13.0 Å². The van der Waals surface area contributed by atoms with Crippen molar-refractivity contribution in [2.45, 2.75) is 71.1 Å². The molecule has 2 aliphatic rings. The lowest BCUT2D eigenvalue weighted by atomic mass is 9.79. The van der Waals surface area contributed by atoms with Crippen LogP contribution in [0.15, 0.2) is 121 Å². The first-order chi connectivity index (χ1) is 23.4. The molecule has 0 atom stereocenters. The lowest BCUT2D eigenvalue weighted by Gasteiger charge is -2.27. The summed E-state index contributed by atoms with van der Waals surface area (Å²) in [6.45, 7) is 13.1. The van der Waals surface area contributed by atoms with Crippen LogP contribution in [0.2, 0.25) is 0 Å². The van der Waals surface area contributed by atoms with Crippen molar-refractivity contribution in [1.29, 1.82) is 0 Å². The quantitative estimate of drug-likeness (QED) is 0.0704. The lowest BCUT2D eigenvalue weighted by molar-refractivity contribution is -0.438. The van der Waals surface area contributed by atoms with Crippen molar-refractivity contribution in [3.05, 3.63) is 132 Å². The molecule has 1 N–H and O–H groups in total. The fourth-order valence-electron chi connectivity index (χ4n) is 7.91. The highest BCUT2D eigenvalue weighted by atomic mass is 32.2. The standard InChI is InChI=1S/C43H48N2O3S/c1-6-7-29-44-36-27-25-32-19-13-15-21-34(32)40(36)42(2,3)38(44)23-11-9-8-10-12-24-39-43(4,5)41-35-22-16-14-20-33(35)26-28-37(41)45(39)30-17-18-31-49(46,47)48/h8-16,19-28H,6-7,17-18,29-31H2,1-5H3/p+1. The third-order valence-corrected chi connectivity index (χ3v) is 11.0. The Hall–Kier alpha value is -4.26. The van der Waals surface area contributed by atoms with Gasteiger partial charge in [-0.2, -0.15) is 13.0 Å². The summed E-state index contributed by atoms with van der Waals surface area (Å²) in [7, 11) is -3.97. The lowest BCUT2D eigenvalue weighted by Crippen LogP contribution is -2.28. The molecule has 0 unspecified atom stereocenters. The van der Waals surface area contributed by atoms with Gasteiger partial charge in [0.15, 0.2) is 5.71 Å². The van der Waals surface area contributed by atoms with E-state index in [-0.39, 0.29) is 16.6 Å². The summed E-state index contributed by atoms with van der Waals surface area (Å²) in [4.78, 5) is 2.52. The van der Waals surface area contributed by atoms with Crippen LogP contribution in [-0.2, 0) is 20.9 Å². The predicted molar refractivity (Wildman–Crippen MR) is 207 cm³/mol. The van der Waals surface area contributed by atoms with Gasteiger partial charge in [-0.3, -0.25) is 4.55 Å². The summed E-state index contributed by atoms with van der Waals surface area (Å²) in [6, 6.07) is 26.1. The first-order valence-corrected chi connectivity index (χ1v) is 19.2. The van der Waals surface area contributed by atoms with Crippen LogP contribution in [-0.4, -0.2) is 42.1 Å². The molecule has 0 bridgehead atoms. The van der Waals surface area contributed by atoms with Crippen LogP contribution < -0.4 is 4.90 Å². The molecule has 0 saturated heterocycles. The van der Waals surface area contributed by atoms with E-state index < -0.39 is 10.1 Å². The molecule has 2 aliphatic heterocycles. The van der Waals surface area contributed by atoms with Crippen molar-refractivity contribution in [2.75, 3.05) is 23.7 Å². The fourth-order valence-corrected chi connectivity index (χ4v) is 8.48. The smallest absolute Gasteiger partial charge is 0.264 e. The van der Waals surface area contributed by atoms with Gasteiger partial charge in [-0.15, -0.1) is 0 Å². The van der Waals surface area contributed by atoms with Gasteiger partial charge in [0.05, 0.1) is 11.2 Å². The van der Waals surface area contributed by atoms with Crippen molar-refractivity contribution >= 4 is 48.7 Å². The van der Waals surface area contributed by atoms with E-state index in [4.69, 9.17) is 0 Å². The minimum Gasteiger partial charge on any atom is -0.344 e. The zero-order valence-electron chi connectivity index (χ0n) is 29.5. The molecule has 5 nitrogen and oxygen atoms in total. The fraction of sp³-hybridized carbons (Fsp3) is 0.326. The highest BCUT2D eigenvalue weighted by Crippen LogP contribution is 2.51. The topological polar surface area (TPSA) is 60.6 Å². The van der Waals surface area contributed by atoms with Gasteiger partial charge < -0.3 is 4.90 Å². The normalized spacial score (nSPS) is 17.9. The van der Waals surface area contributed by atoms with Crippen LogP contribution in [0.3, 0.4) is 0 Å². The Kier molecular flexibility index (Phi) is 9.83. The number of hydrogen-bond donors (Lipinski definition) is 1. The van der Waals surface area contributed by atoms with E-state index in [1.165, 1.54) is 49.8 Å². The van der Waals surface area contributed by atoms with Crippen LogP contribution in [0.5, 0.6) is 0 Å². The molecule has 0 spiro atoms. The molecule has 0 aliphatic carbocycles. The van der Waals surface area contributed by atoms with Crippen LogP contribution in [0.1, 0.15) is 71.4 Å². The Morgan fingerprint density at radius 2 is 1.37 bits per heavy atom. The first kappa shape index (κ1) is 34.6. The minimum atomic E-state index is -3.97. The second kappa shape index (κ2) is 13.9. The molecule has 254 valence electrons. The molecule has 0 fully saturated rings. The Morgan fingerprint density at radius 3 is 2.06 bits per heavy atom. The van der Waals surface area contributed by atoms with E-state index >= 15 is 0 Å². The molecular weight excluding hydrogens is 625 g/mol. The summed E-state index contributed by atoms with van der Waals surface area (Å²) in [5.74, 6) is -0.221. The number of unbranched alkanes of at least 4 members (excludes halogenated alkanes) is 2. The molecule has 6 rings (SSSR count). The van der Waals surface area contributed by atoms with E-state index in [1.54, 1.807) is 0 Å². The van der Waals surface area contributed by atoms with Crippen LogP contribution >= 0.6 is 0 Å². The molecule has 4 aromatic rings. The minimum absolute atomic E-state index is 0.118. The summed E-state index contributed by atoms with van der Waals surface area (Å²) < 4.78 is 34.3. The summed E-state index contributed by atoms with van der Waals surface area (Å²) in [5, 5.41) is 5.06. The van der Waals surface area contributed by atoms with E-state index in [2.05, 4.69) is 159 Å². The van der Waals surface area contributed by atoms with Gasteiger partial charge >= 0.3 is 0 Å². The molecular formula is C43H49N2O3S+. The molecule has 4 aromatic carbocycles. The van der Waals surface area contributed by atoms with E-state index in [0.717, 1.165) is 25.1 Å². The maximum Gasteiger partial charge on any atom is 0.264 e. The number of fused-ring (bicyclic) bond motifs is 6. The molecule has 6 heteroatoms. The third kappa shape index (κ3) is 6.82. The largest absolute Gasteiger partial charge is 0.344 e. The number of hydrogen-bond acceptors (Lipinski definition) is 3. The first-order valence-electron chi connectivity index (χ1n) is 17.6. The Bertz CT molecular complexity index is 2150. The average molecular weight is 674 g/mol. The summed E-state index contributed by atoms with van der Waals surface area (Å²) >= 11 is 0. The number of anilines is 1. The van der Waals surface area contributed by atoms with Gasteiger partial charge in [-0.25, -0.2) is 0 Å². The number of nitrogens with zero attached hydrogens (tertiary/aromatic N) is 2. The Morgan fingerprint density at radius 1 is 0.735 bits per heavy atom. The summed E-state index contributed by atoms with van der Waals surface area (Å²) in [5.41, 5.74) is 7.31. The number of allylic oxidation sites excluding steroid dienone is 8. The molecule has 0 aromatic heterocycles. The van der Waals surface area contributed by atoms with Gasteiger partial charge in [-0.1, -0.05) is 112 Å². The average Bonchev–Trinajstić information content (AvgIpc) is 3.43. The molecule has 0 amide bonds. The van der Waals surface area contributed by atoms with Crippen molar-refractivity contribution < 1.29 is 17.5 Å². The Balaban J connectivity index is 1.26.